The maximum absolute atomic E-state index is 12.1. The number of aromatic nitrogens is 2. The maximum Gasteiger partial charge on any atom is 0.182 e. The first-order valence-electron chi connectivity index (χ1n) is 5.64. The molecule has 0 atom stereocenters. The van der Waals surface area contributed by atoms with Gasteiger partial charge in [0.15, 0.2) is 5.78 Å². The maximum atomic E-state index is 12.1. The minimum atomic E-state index is 0.128. The molecule has 1 heterocycles. The topological polar surface area (TPSA) is 34.9 Å². The summed E-state index contributed by atoms with van der Waals surface area (Å²) in [5.41, 5.74) is 4.23. The van der Waals surface area contributed by atoms with Gasteiger partial charge in [-0.25, -0.2) is 4.98 Å². The lowest BCUT2D eigenvalue weighted by Crippen LogP contribution is -2.11. The first-order valence-corrected chi connectivity index (χ1v) is 5.64. The van der Waals surface area contributed by atoms with Crippen LogP contribution in [0.5, 0.6) is 0 Å². The van der Waals surface area contributed by atoms with Crippen molar-refractivity contribution < 1.29 is 4.79 Å². The predicted molar refractivity (Wildman–Crippen MR) is 67.2 cm³/mol. The van der Waals surface area contributed by atoms with Crippen LogP contribution in [0.15, 0.2) is 30.9 Å². The smallest absolute Gasteiger partial charge is 0.182 e. The van der Waals surface area contributed by atoms with Crippen molar-refractivity contribution in [2.75, 3.05) is 0 Å². The molecule has 0 N–H and O–H groups in total. The highest BCUT2D eigenvalue weighted by atomic mass is 16.1. The fourth-order valence-electron chi connectivity index (χ4n) is 1.89. The van der Waals surface area contributed by atoms with Crippen LogP contribution in [-0.2, 0) is 6.54 Å². The summed E-state index contributed by atoms with van der Waals surface area (Å²) in [5.74, 6) is 0.128. The molecule has 1 aromatic carbocycles. The highest BCUT2D eigenvalue weighted by Gasteiger charge is 2.10. The van der Waals surface area contributed by atoms with Crippen molar-refractivity contribution in [2.24, 2.45) is 0 Å². The third kappa shape index (κ3) is 2.44. The van der Waals surface area contributed by atoms with E-state index in [4.69, 9.17) is 0 Å². The largest absolute Gasteiger partial charge is 0.330 e. The second-order valence-corrected chi connectivity index (χ2v) is 4.41. The number of aryl methyl sites for hydroxylation is 3. The molecule has 1 aromatic heterocycles. The standard InChI is InChI=1S/C14H16N2O/c1-10-6-12(3)13(7-11(10)2)14(17)8-16-5-4-15-9-16/h4-7,9H,8H2,1-3H3. The molecule has 3 nitrogen and oxygen atoms in total. The Hall–Kier alpha value is -1.90. The van der Waals surface area contributed by atoms with Crippen molar-refractivity contribution >= 4 is 5.78 Å². The van der Waals surface area contributed by atoms with Gasteiger partial charge in [-0.2, -0.15) is 0 Å². The molecule has 0 saturated carbocycles. The molecule has 88 valence electrons. The Balaban J connectivity index is 2.28. The van der Waals surface area contributed by atoms with Gasteiger partial charge >= 0.3 is 0 Å². The zero-order valence-electron chi connectivity index (χ0n) is 10.4. The quantitative estimate of drug-likeness (QED) is 0.757. The van der Waals surface area contributed by atoms with E-state index in [2.05, 4.69) is 18.0 Å². The molecule has 0 fully saturated rings. The summed E-state index contributed by atoms with van der Waals surface area (Å²) >= 11 is 0. The zero-order valence-corrected chi connectivity index (χ0v) is 10.4. The molecule has 0 unspecified atom stereocenters. The van der Waals surface area contributed by atoms with Crippen LogP contribution < -0.4 is 0 Å². The van der Waals surface area contributed by atoms with E-state index in [0.29, 0.717) is 6.54 Å². The van der Waals surface area contributed by atoms with Gasteiger partial charge in [0, 0.05) is 18.0 Å². The fraction of sp³-hybridized carbons (Fsp3) is 0.286. The van der Waals surface area contributed by atoms with Gasteiger partial charge in [0.1, 0.15) is 0 Å². The average Bonchev–Trinajstić information content (AvgIpc) is 2.76. The number of Topliss-reactive ketones (excluding diaryl/α,β-unsaturated/α-hetero) is 1. The molecule has 0 spiro atoms. The summed E-state index contributed by atoms with van der Waals surface area (Å²) in [7, 11) is 0. The molecular weight excluding hydrogens is 212 g/mol. The van der Waals surface area contributed by atoms with Crippen LogP contribution >= 0.6 is 0 Å². The van der Waals surface area contributed by atoms with Crippen molar-refractivity contribution in [2.45, 2.75) is 27.3 Å². The lowest BCUT2D eigenvalue weighted by atomic mass is 9.98. The summed E-state index contributed by atoms with van der Waals surface area (Å²) in [5, 5.41) is 0. The minimum absolute atomic E-state index is 0.128. The zero-order chi connectivity index (χ0) is 12.4. The first kappa shape index (κ1) is 11.6. The van der Waals surface area contributed by atoms with Crippen molar-refractivity contribution in [1.82, 2.24) is 9.55 Å². The molecule has 0 aliphatic carbocycles. The number of benzene rings is 1. The Morgan fingerprint density at radius 1 is 1.18 bits per heavy atom. The molecule has 0 saturated heterocycles. The van der Waals surface area contributed by atoms with E-state index in [1.54, 1.807) is 23.3 Å². The van der Waals surface area contributed by atoms with Crippen LogP contribution in [0.2, 0.25) is 0 Å². The third-order valence-corrected chi connectivity index (χ3v) is 3.03. The minimum Gasteiger partial charge on any atom is -0.330 e. The number of hydrogen-bond donors (Lipinski definition) is 0. The first-order chi connectivity index (χ1) is 8.08. The molecule has 0 aliphatic heterocycles. The second kappa shape index (κ2) is 4.53. The SMILES string of the molecule is Cc1cc(C)c(C(=O)Cn2ccnc2)cc1C. The van der Waals surface area contributed by atoms with Crippen molar-refractivity contribution in [3.05, 3.63) is 53.1 Å². The number of carbonyl (C=O) groups is 1. The highest BCUT2D eigenvalue weighted by molar-refractivity contribution is 5.97. The number of ketones is 1. The fourth-order valence-corrected chi connectivity index (χ4v) is 1.89. The Morgan fingerprint density at radius 3 is 2.53 bits per heavy atom. The van der Waals surface area contributed by atoms with Crippen LogP contribution in [0.25, 0.3) is 0 Å². The van der Waals surface area contributed by atoms with Gasteiger partial charge in [0.2, 0.25) is 0 Å². The summed E-state index contributed by atoms with van der Waals surface area (Å²) in [4.78, 5) is 16.1. The monoisotopic (exact) mass is 228 g/mol. The van der Waals surface area contributed by atoms with Gasteiger partial charge in [-0.1, -0.05) is 6.07 Å². The highest BCUT2D eigenvalue weighted by Crippen LogP contribution is 2.16. The van der Waals surface area contributed by atoms with Crippen LogP contribution in [0.1, 0.15) is 27.0 Å². The van der Waals surface area contributed by atoms with Gasteiger partial charge in [-0.15, -0.1) is 0 Å². The third-order valence-electron chi connectivity index (χ3n) is 3.03. The molecule has 2 rings (SSSR count). The van der Waals surface area contributed by atoms with Crippen LogP contribution in [0.3, 0.4) is 0 Å². The molecule has 0 bridgehead atoms. The van der Waals surface area contributed by atoms with Gasteiger partial charge in [0.25, 0.3) is 0 Å². The molecule has 0 amide bonds. The number of carbonyl (C=O) groups excluding carboxylic acids is 1. The van der Waals surface area contributed by atoms with Gasteiger partial charge < -0.3 is 4.57 Å². The molecule has 0 aliphatic rings. The van der Waals surface area contributed by atoms with Gasteiger partial charge in [-0.05, 0) is 43.5 Å². The van der Waals surface area contributed by atoms with E-state index in [1.165, 1.54) is 5.56 Å². The van der Waals surface area contributed by atoms with E-state index < -0.39 is 0 Å². The molecule has 2 aromatic rings. The number of imidazole rings is 1. The van der Waals surface area contributed by atoms with E-state index in [9.17, 15) is 4.79 Å². The molecule has 0 radical (unpaired) electrons. The Morgan fingerprint density at radius 2 is 1.88 bits per heavy atom. The van der Waals surface area contributed by atoms with Gasteiger partial charge in [-0.3, -0.25) is 4.79 Å². The summed E-state index contributed by atoms with van der Waals surface area (Å²) < 4.78 is 1.79. The predicted octanol–water partition coefficient (Wildman–Crippen LogP) is 2.69. The summed E-state index contributed by atoms with van der Waals surface area (Å²) in [6.45, 7) is 6.42. The number of nitrogens with zero attached hydrogens (tertiary/aromatic N) is 2. The Kier molecular flexibility index (Phi) is 3.09. The Labute approximate surface area is 101 Å². The van der Waals surface area contributed by atoms with Crippen molar-refractivity contribution in [1.29, 1.82) is 0 Å². The average molecular weight is 228 g/mol. The van der Waals surface area contributed by atoms with Crippen LogP contribution in [-0.4, -0.2) is 15.3 Å². The number of rotatable bonds is 3. The lowest BCUT2D eigenvalue weighted by Gasteiger charge is -2.09. The van der Waals surface area contributed by atoms with E-state index in [-0.39, 0.29) is 5.78 Å². The van der Waals surface area contributed by atoms with E-state index in [1.807, 2.05) is 19.9 Å². The van der Waals surface area contributed by atoms with Crippen molar-refractivity contribution in [3.63, 3.8) is 0 Å². The van der Waals surface area contributed by atoms with Gasteiger partial charge in [0.05, 0.1) is 12.9 Å². The van der Waals surface area contributed by atoms with E-state index >= 15 is 0 Å². The summed E-state index contributed by atoms with van der Waals surface area (Å²) in [6.07, 6.45) is 5.14. The lowest BCUT2D eigenvalue weighted by molar-refractivity contribution is 0.0971. The number of hydrogen-bond acceptors (Lipinski definition) is 2. The second-order valence-electron chi connectivity index (χ2n) is 4.41. The summed E-state index contributed by atoms with van der Waals surface area (Å²) in [6, 6.07) is 4.04. The van der Waals surface area contributed by atoms with Crippen molar-refractivity contribution in [3.8, 4) is 0 Å². The van der Waals surface area contributed by atoms with E-state index in [0.717, 1.165) is 16.7 Å². The molecule has 17 heavy (non-hydrogen) atoms. The van der Waals surface area contributed by atoms with Crippen LogP contribution in [0.4, 0.5) is 0 Å². The Bertz CT molecular complexity index is 542. The van der Waals surface area contributed by atoms with Crippen LogP contribution in [0, 0.1) is 20.8 Å². The molecular formula is C14H16N2O. The molecule has 3 heteroatoms. The normalized spacial score (nSPS) is 10.5.